The highest BCUT2D eigenvalue weighted by Gasteiger charge is 2.15. The highest BCUT2D eigenvalue weighted by molar-refractivity contribution is 5.94. The molecular weight excluding hydrogens is 214 g/mol. The molecule has 1 N–H and O–H groups in total. The lowest BCUT2D eigenvalue weighted by molar-refractivity contribution is 0.0945. The fourth-order valence-corrected chi connectivity index (χ4v) is 1.17. The van der Waals surface area contributed by atoms with E-state index < -0.39 is 23.1 Å². The third-order valence-corrected chi connectivity index (χ3v) is 1.94. The van der Waals surface area contributed by atoms with Crippen LogP contribution >= 0.6 is 0 Å². The summed E-state index contributed by atoms with van der Waals surface area (Å²) in [7, 11) is 0. The van der Waals surface area contributed by atoms with Crippen molar-refractivity contribution >= 4 is 5.91 Å². The topological polar surface area (TPSA) is 52.9 Å². The number of benzene rings is 1. The molecule has 0 aliphatic carbocycles. The molecule has 0 spiro atoms. The smallest absolute Gasteiger partial charge is 0.257 e. The van der Waals surface area contributed by atoms with Crippen LogP contribution in [-0.4, -0.2) is 12.5 Å². The number of carbonyl (C=O) groups is 1. The molecule has 0 aliphatic rings. The first-order valence-corrected chi connectivity index (χ1v) is 4.76. The van der Waals surface area contributed by atoms with Gasteiger partial charge in [0.15, 0.2) is 0 Å². The third-order valence-electron chi connectivity index (χ3n) is 1.94. The van der Waals surface area contributed by atoms with Gasteiger partial charge in [-0.05, 0) is 18.6 Å². The van der Waals surface area contributed by atoms with Gasteiger partial charge in [-0.3, -0.25) is 4.79 Å². The van der Waals surface area contributed by atoms with E-state index in [1.165, 1.54) is 6.07 Å². The molecule has 0 heterocycles. The van der Waals surface area contributed by atoms with E-state index in [1.807, 2.05) is 6.07 Å². The van der Waals surface area contributed by atoms with E-state index in [-0.39, 0.29) is 6.54 Å². The summed E-state index contributed by atoms with van der Waals surface area (Å²) >= 11 is 0. The van der Waals surface area contributed by atoms with E-state index in [0.29, 0.717) is 12.8 Å². The van der Waals surface area contributed by atoms with Crippen LogP contribution in [0.25, 0.3) is 0 Å². The lowest BCUT2D eigenvalue weighted by Gasteiger charge is -2.05. The molecule has 0 unspecified atom stereocenters. The Bertz CT molecular complexity index is 406. The fraction of sp³-hybridized carbons (Fsp3) is 0.273. The number of nitrogens with one attached hydrogen (secondary N) is 1. The molecule has 0 aliphatic heterocycles. The summed E-state index contributed by atoms with van der Waals surface area (Å²) in [6.07, 6.45) is 0.748. The van der Waals surface area contributed by atoms with Crippen LogP contribution < -0.4 is 5.32 Å². The summed E-state index contributed by atoms with van der Waals surface area (Å²) in [6.45, 7) is 0.222. The molecule has 1 rings (SSSR count). The minimum absolute atomic E-state index is 0.222. The molecule has 0 saturated heterocycles. The van der Waals surface area contributed by atoms with Crippen molar-refractivity contribution in [3.63, 3.8) is 0 Å². The number of amides is 1. The van der Waals surface area contributed by atoms with Crippen molar-refractivity contribution in [2.45, 2.75) is 12.8 Å². The van der Waals surface area contributed by atoms with Crippen molar-refractivity contribution in [1.82, 2.24) is 5.32 Å². The summed E-state index contributed by atoms with van der Waals surface area (Å²) in [5.74, 6) is -2.58. The van der Waals surface area contributed by atoms with Crippen LogP contribution in [0.3, 0.4) is 0 Å². The first-order valence-electron chi connectivity index (χ1n) is 4.76. The summed E-state index contributed by atoms with van der Waals surface area (Å²) in [6, 6.07) is 5.14. The number of unbranched alkanes of at least 4 members (excludes halogenated alkanes) is 1. The van der Waals surface area contributed by atoms with Gasteiger partial charge in [-0.1, -0.05) is 6.07 Å². The predicted molar refractivity (Wildman–Crippen MR) is 53.5 cm³/mol. The number of carbonyl (C=O) groups excluding carboxylic acids is 1. The second kappa shape index (κ2) is 5.81. The van der Waals surface area contributed by atoms with Gasteiger partial charge >= 0.3 is 0 Å². The lowest BCUT2D eigenvalue weighted by Crippen LogP contribution is -2.26. The van der Waals surface area contributed by atoms with E-state index in [4.69, 9.17) is 5.26 Å². The number of halogens is 2. The van der Waals surface area contributed by atoms with Gasteiger partial charge in [0.05, 0.1) is 6.07 Å². The van der Waals surface area contributed by atoms with Crippen LogP contribution in [-0.2, 0) is 0 Å². The predicted octanol–water partition coefficient (Wildman–Crippen LogP) is 2.00. The molecule has 1 aromatic carbocycles. The van der Waals surface area contributed by atoms with E-state index >= 15 is 0 Å². The van der Waals surface area contributed by atoms with Gasteiger partial charge in [-0.25, -0.2) is 8.78 Å². The van der Waals surface area contributed by atoms with Gasteiger partial charge in [0.2, 0.25) is 0 Å². The Balaban J connectivity index is 2.63. The molecule has 84 valence electrons. The zero-order chi connectivity index (χ0) is 12.0. The van der Waals surface area contributed by atoms with Gasteiger partial charge in [0.25, 0.3) is 5.91 Å². The second-order valence-electron chi connectivity index (χ2n) is 3.11. The molecule has 3 nitrogen and oxygen atoms in total. The summed E-state index contributed by atoms with van der Waals surface area (Å²) in [4.78, 5) is 11.4. The Morgan fingerprint density at radius 2 is 2.00 bits per heavy atom. The molecule has 0 atom stereocenters. The molecule has 0 fully saturated rings. The molecule has 0 saturated carbocycles. The standard InChI is InChI=1S/C11H10F2N2O/c12-8-4-3-5-9(13)10(8)11(16)15-7-2-1-6-14/h3-5H,1-2,7H2,(H,15,16). The van der Waals surface area contributed by atoms with Crippen molar-refractivity contribution in [3.8, 4) is 6.07 Å². The van der Waals surface area contributed by atoms with Crippen molar-refractivity contribution in [3.05, 3.63) is 35.4 Å². The van der Waals surface area contributed by atoms with Crippen LogP contribution in [0.2, 0.25) is 0 Å². The number of nitrogens with zero attached hydrogens (tertiary/aromatic N) is 1. The van der Waals surface area contributed by atoms with Gasteiger partial charge in [0, 0.05) is 13.0 Å². The molecule has 1 amide bonds. The van der Waals surface area contributed by atoms with Gasteiger partial charge in [-0.15, -0.1) is 0 Å². The first-order chi connectivity index (χ1) is 7.66. The van der Waals surface area contributed by atoms with Crippen LogP contribution in [0.15, 0.2) is 18.2 Å². The molecule has 0 aromatic heterocycles. The monoisotopic (exact) mass is 224 g/mol. The number of nitriles is 1. The molecule has 1 aromatic rings. The Kier molecular flexibility index (Phi) is 4.40. The number of rotatable bonds is 4. The van der Waals surface area contributed by atoms with E-state index in [9.17, 15) is 13.6 Å². The Hall–Kier alpha value is -1.96. The van der Waals surface area contributed by atoms with Crippen molar-refractivity contribution in [1.29, 1.82) is 5.26 Å². The minimum Gasteiger partial charge on any atom is -0.352 e. The van der Waals surface area contributed by atoms with Crippen molar-refractivity contribution in [2.24, 2.45) is 0 Å². The Morgan fingerprint density at radius 3 is 2.56 bits per heavy atom. The van der Waals surface area contributed by atoms with Gasteiger partial charge in [-0.2, -0.15) is 5.26 Å². The fourth-order valence-electron chi connectivity index (χ4n) is 1.17. The third kappa shape index (κ3) is 3.02. The van der Waals surface area contributed by atoms with E-state index in [2.05, 4.69) is 5.32 Å². The molecule has 0 radical (unpaired) electrons. The summed E-state index contributed by atoms with van der Waals surface area (Å²) in [5, 5.41) is 10.6. The number of hydrogen-bond donors (Lipinski definition) is 1. The van der Waals surface area contributed by atoms with Crippen LogP contribution in [0.5, 0.6) is 0 Å². The first kappa shape index (κ1) is 12.1. The number of hydrogen-bond acceptors (Lipinski definition) is 2. The zero-order valence-electron chi connectivity index (χ0n) is 8.46. The van der Waals surface area contributed by atoms with Crippen LogP contribution in [0, 0.1) is 23.0 Å². The van der Waals surface area contributed by atoms with Gasteiger partial charge < -0.3 is 5.32 Å². The molecular formula is C11H10F2N2O. The summed E-state index contributed by atoms with van der Waals surface area (Å²) < 4.78 is 26.2. The quantitative estimate of drug-likeness (QED) is 0.795. The Morgan fingerprint density at radius 1 is 1.38 bits per heavy atom. The van der Waals surface area contributed by atoms with Crippen molar-refractivity contribution in [2.75, 3.05) is 6.54 Å². The van der Waals surface area contributed by atoms with Crippen LogP contribution in [0.1, 0.15) is 23.2 Å². The minimum atomic E-state index is -0.891. The van der Waals surface area contributed by atoms with E-state index in [1.54, 1.807) is 0 Å². The average molecular weight is 224 g/mol. The highest BCUT2D eigenvalue weighted by atomic mass is 19.1. The molecule has 0 bridgehead atoms. The molecule has 5 heteroatoms. The van der Waals surface area contributed by atoms with Crippen molar-refractivity contribution < 1.29 is 13.6 Å². The maximum absolute atomic E-state index is 13.1. The molecule has 16 heavy (non-hydrogen) atoms. The maximum Gasteiger partial charge on any atom is 0.257 e. The summed E-state index contributed by atoms with van der Waals surface area (Å²) in [5.41, 5.74) is -0.584. The largest absolute Gasteiger partial charge is 0.352 e. The maximum atomic E-state index is 13.1. The lowest BCUT2D eigenvalue weighted by atomic mass is 10.2. The SMILES string of the molecule is N#CCCCNC(=O)c1c(F)cccc1F. The van der Waals surface area contributed by atoms with E-state index in [0.717, 1.165) is 12.1 Å². The zero-order valence-corrected chi connectivity index (χ0v) is 8.46. The highest BCUT2D eigenvalue weighted by Crippen LogP contribution is 2.11. The Labute approximate surface area is 91.7 Å². The average Bonchev–Trinajstić information content (AvgIpc) is 2.24. The second-order valence-corrected chi connectivity index (χ2v) is 3.11. The van der Waals surface area contributed by atoms with Gasteiger partial charge in [0.1, 0.15) is 17.2 Å². The van der Waals surface area contributed by atoms with Crippen LogP contribution in [0.4, 0.5) is 8.78 Å². The normalized spacial score (nSPS) is 9.56.